The van der Waals surface area contributed by atoms with Gasteiger partial charge in [0.15, 0.2) is 12.6 Å². The average molecular weight is 971 g/mol. The van der Waals surface area contributed by atoms with Crippen LogP contribution in [0.2, 0.25) is 0 Å². The maximum absolute atomic E-state index is 13.0. The summed E-state index contributed by atoms with van der Waals surface area (Å²) < 4.78 is 34.3. The van der Waals surface area contributed by atoms with Crippen LogP contribution < -0.4 is 0 Å². The second-order valence-electron chi connectivity index (χ2n) is 19.0. The summed E-state index contributed by atoms with van der Waals surface area (Å²) in [5.41, 5.74) is 0. The van der Waals surface area contributed by atoms with Gasteiger partial charge in [0.1, 0.15) is 54.9 Å². The van der Waals surface area contributed by atoms with E-state index in [0.717, 1.165) is 64.2 Å². The number of rotatable bonds is 43. The molecule has 0 aromatic heterocycles. The van der Waals surface area contributed by atoms with Crippen LogP contribution in [-0.4, -0.2) is 142 Å². The topological polar surface area (TPSA) is 214 Å². The Balaban J connectivity index is 1.75. The van der Waals surface area contributed by atoms with Crippen LogP contribution in [-0.2, 0) is 33.2 Å². The molecule has 0 saturated carbocycles. The Hall–Kier alpha value is -1.79. The molecule has 0 aromatic carbocycles. The van der Waals surface area contributed by atoms with Crippen LogP contribution in [0.4, 0.5) is 0 Å². The summed E-state index contributed by atoms with van der Waals surface area (Å²) in [4.78, 5) is 13.0. The van der Waals surface area contributed by atoms with E-state index in [9.17, 15) is 40.5 Å². The molecule has 0 aliphatic carbocycles. The van der Waals surface area contributed by atoms with E-state index in [1.165, 1.54) is 109 Å². The molecular weight excluding hydrogens is 873 g/mol. The van der Waals surface area contributed by atoms with Gasteiger partial charge >= 0.3 is 5.97 Å². The van der Waals surface area contributed by atoms with E-state index >= 15 is 0 Å². The molecule has 0 bridgehead atoms. The molecule has 0 spiro atoms. The Morgan fingerprint density at radius 1 is 0.485 bits per heavy atom. The summed E-state index contributed by atoms with van der Waals surface area (Å²) in [6.45, 7) is 3.65. The molecule has 11 atom stereocenters. The zero-order valence-corrected chi connectivity index (χ0v) is 42.3. The summed E-state index contributed by atoms with van der Waals surface area (Å²) in [6.07, 6.45) is 30.6. The van der Waals surface area contributed by atoms with Crippen LogP contribution in [0.5, 0.6) is 0 Å². The zero-order valence-electron chi connectivity index (χ0n) is 42.3. The van der Waals surface area contributed by atoms with E-state index in [1.807, 2.05) is 0 Å². The number of aliphatic hydroxyl groups excluding tert-OH is 7. The summed E-state index contributed by atoms with van der Waals surface area (Å²) in [6, 6.07) is 0. The standard InChI is InChI=1S/C54H98O14/c1-3-5-7-9-11-13-15-17-19-20-21-22-24-26-28-30-32-34-36-38-63-40-43(66-46(56)37-35-33-31-29-27-25-23-18-16-14-12-10-8-6-4-2)41-64-53-52(62)50(60)48(58)45(68-53)42-65-54-51(61)49(59)47(57)44(39-55)67-54/h12,14,18-20,23,43-45,47-55,57-62H,3-11,13,15-17,21-22,24-42H2,1-2H3/b14-12-,20-19-,23-18-. The average Bonchev–Trinajstić information content (AvgIpc) is 3.33. The van der Waals surface area contributed by atoms with Crippen molar-refractivity contribution in [1.29, 1.82) is 0 Å². The van der Waals surface area contributed by atoms with Gasteiger partial charge in [-0.25, -0.2) is 0 Å². The van der Waals surface area contributed by atoms with Gasteiger partial charge in [0.05, 0.1) is 26.4 Å². The van der Waals surface area contributed by atoms with Crippen LogP contribution >= 0.6 is 0 Å². The third-order valence-electron chi connectivity index (χ3n) is 12.9. The first-order valence-corrected chi connectivity index (χ1v) is 27.1. The molecule has 2 aliphatic rings. The largest absolute Gasteiger partial charge is 0.457 e. The van der Waals surface area contributed by atoms with Crippen LogP contribution in [0.15, 0.2) is 36.5 Å². The molecule has 7 N–H and O–H groups in total. The first kappa shape index (κ1) is 62.3. The van der Waals surface area contributed by atoms with Gasteiger partial charge in [0, 0.05) is 13.0 Å². The van der Waals surface area contributed by atoms with Crippen molar-refractivity contribution in [3.05, 3.63) is 36.5 Å². The molecule has 14 nitrogen and oxygen atoms in total. The fraction of sp³-hybridized carbons (Fsp3) is 0.870. The fourth-order valence-electron chi connectivity index (χ4n) is 8.43. The van der Waals surface area contributed by atoms with E-state index in [4.69, 9.17) is 28.4 Å². The maximum atomic E-state index is 13.0. The molecule has 2 rings (SSSR count). The summed E-state index contributed by atoms with van der Waals surface area (Å²) in [5.74, 6) is -0.390. The van der Waals surface area contributed by atoms with Crippen molar-refractivity contribution in [3.63, 3.8) is 0 Å². The SMILES string of the molecule is CCCCC/C=C\C/C=C\CCCCCCCC(=O)OC(COCCCCCCCCCC/C=C\CCCCCCCCC)COC1OC(COC2OC(CO)C(O)C(O)C2O)C(O)C(O)C1O. The molecule has 2 aliphatic heterocycles. The maximum Gasteiger partial charge on any atom is 0.306 e. The highest BCUT2D eigenvalue weighted by molar-refractivity contribution is 5.69. The minimum atomic E-state index is -1.71. The minimum absolute atomic E-state index is 0.0546. The summed E-state index contributed by atoms with van der Waals surface area (Å²) in [7, 11) is 0. The lowest BCUT2D eigenvalue weighted by molar-refractivity contribution is -0.332. The van der Waals surface area contributed by atoms with E-state index < -0.39 is 86.7 Å². The molecule has 0 amide bonds. The van der Waals surface area contributed by atoms with E-state index in [-0.39, 0.29) is 19.6 Å². The normalized spacial score (nSPS) is 26.1. The lowest BCUT2D eigenvalue weighted by atomic mass is 9.98. The van der Waals surface area contributed by atoms with Gasteiger partial charge in [-0.15, -0.1) is 0 Å². The van der Waals surface area contributed by atoms with Crippen molar-refractivity contribution in [1.82, 2.24) is 0 Å². The number of esters is 1. The molecule has 0 aromatic rings. The number of unbranched alkanes of at least 4 members (excludes halogenated alkanes) is 23. The Morgan fingerprint density at radius 3 is 1.46 bits per heavy atom. The van der Waals surface area contributed by atoms with Crippen molar-refractivity contribution in [3.8, 4) is 0 Å². The zero-order chi connectivity index (χ0) is 49.5. The highest BCUT2D eigenvalue weighted by atomic mass is 16.7. The van der Waals surface area contributed by atoms with Gasteiger partial charge < -0.3 is 64.2 Å². The third-order valence-corrected chi connectivity index (χ3v) is 12.9. The number of ether oxygens (including phenoxy) is 6. The Bertz CT molecular complexity index is 1260. The molecule has 2 saturated heterocycles. The van der Waals surface area contributed by atoms with Crippen molar-refractivity contribution in [2.45, 2.75) is 268 Å². The number of allylic oxidation sites excluding steroid dienone is 6. The molecule has 68 heavy (non-hydrogen) atoms. The second-order valence-corrected chi connectivity index (χ2v) is 19.0. The van der Waals surface area contributed by atoms with Crippen molar-refractivity contribution >= 4 is 5.97 Å². The first-order chi connectivity index (χ1) is 33.1. The Labute approximate surface area is 410 Å². The quantitative estimate of drug-likeness (QED) is 0.0173. The van der Waals surface area contributed by atoms with Gasteiger partial charge in [-0.1, -0.05) is 159 Å². The highest BCUT2D eigenvalue weighted by Gasteiger charge is 2.47. The van der Waals surface area contributed by atoms with E-state index in [0.29, 0.717) is 13.0 Å². The monoisotopic (exact) mass is 971 g/mol. The van der Waals surface area contributed by atoms with Crippen molar-refractivity contribution in [2.75, 3.05) is 33.0 Å². The van der Waals surface area contributed by atoms with Crippen LogP contribution in [0.1, 0.15) is 200 Å². The van der Waals surface area contributed by atoms with Crippen molar-refractivity contribution < 1.29 is 69.0 Å². The lowest BCUT2D eigenvalue weighted by Gasteiger charge is -2.42. The number of hydrogen-bond donors (Lipinski definition) is 7. The Kier molecular flexibility index (Phi) is 38.3. The predicted octanol–water partition coefficient (Wildman–Crippen LogP) is 8.58. The number of carbonyl (C=O) groups excluding carboxylic acids is 1. The van der Waals surface area contributed by atoms with E-state index in [2.05, 4.69) is 50.3 Å². The smallest absolute Gasteiger partial charge is 0.306 e. The molecule has 14 heteroatoms. The summed E-state index contributed by atoms with van der Waals surface area (Å²) in [5, 5.41) is 72.2. The number of carbonyl (C=O) groups is 1. The molecule has 2 heterocycles. The number of hydrogen-bond acceptors (Lipinski definition) is 14. The molecule has 0 radical (unpaired) electrons. The molecular formula is C54H98O14. The lowest BCUT2D eigenvalue weighted by Crippen LogP contribution is -2.61. The van der Waals surface area contributed by atoms with Crippen LogP contribution in [0.25, 0.3) is 0 Å². The van der Waals surface area contributed by atoms with Crippen LogP contribution in [0.3, 0.4) is 0 Å². The third kappa shape index (κ3) is 28.9. The van der Waals surface area contributed by atoms with Gasteiger partial charge in [0.25, 0.3) is 0 Å². The van der Waals surface area contributed by atoms with Gasteiger partial charge in [-0.3, -0.25) is 4.79 Å². The van der Waals surface area contributed by atoms with Crippen molar-refractivity contribution in [2.24, 2.45) is 0 Å². The second kappa shape index (κ2) is 41.8. The van der Waals surface area contributed by atoms with Crippen LogP contribution in [0, 0.1) is 0 Å². The molecule has 11 unspecified atom stereocenters. The van der Waals surface area contributed by atoms with Gasteiger partial charge in [0.2, 0.25) is 0 Å². The molecule has 398 valence electrons. The highest BCUT2D eigenvalue weighted by Crippen LogP contribution is 2.26. The number of aliphatic hydroxyl groups is 7. The van der Waals surface area contributed by atoms with Gasteiger partial charge in [-0.2, -0.15) is 0 Å². The fourth-order valence-corrected chi connectivity index (χ4v) is 8.43. The minimum Gasteiger partial charge on any atom is -0.457 e. The molecule has 2 fully saturated rings. The van der Waals surface area contributed by atoms with E-state index in [1.54, 1.807) is 0 Å². The first-order valence-electron chi connectivity index (χ1n) is 27.1. The summed E-state index contributed by atoms with van der Waals surface area (Å²) >= 11 is 0. The van der Waals surface area contributed by atoms with Gasteiger partial charge in [-0.05, 0) is 70.6 Å². The Morgan fingerprint density at radius 2 is 0.912 bits per heavy atom. The predicted molar refractivity (Wildman–Crippen MR) is 266 cm³/mol.